The summed E-state index contributed by atoms with van der Waals surface area (Å²) in [5.74, 6) is 0. The number of aromatic nitrogens is 4. The van der Waals surface area contributed by atoms with E-state index in [-0.39, 0.29) is 6.17 Å². The van der Waals surface area contributed by atoms with Gasteiger partial charge in [-0.15, -0.1) is 0 Å². The lowest BCUT2D eigenvalue weighted by Crippen LogP contribution is -2.19. The van der Waals surface area contributed by atoms with Crippen molar-refractivity contribution < 1.29 is 0 Å². The topological polar surface area (TPSA) is 35.6 Å². The van der Waals surface area contributed by atoms with Crippen molar-refractivity contribution in [2.45, 2.75) is 78.3 Å². The smallest absolute Gasteiger partial charge is 0.111 e. The highest BCUT2D eigenvalue weighted by molar-refractivity contribution is 6.10. The molecule has 194 valence electrons. The molecule has 0 fully saturated rings. The zero-order chi connectivity index (χ0) is 26.1. The molecule has 0 aliphatic rings. The van der Waals surface area contributed by atoms with E-state index in [9.17, 15) is 0 Å². The Labute approximate surface area is 225 Å². The Morgan fingerprint density at radius 3 is 1.58 bits per heavy atom. The van der Waals surface area contributed by atoms with Gasteiger partial charge >= 0.3 is 0 Å². The monoisotopic (exact) mass is 502 g/mol. The standard InChI is InChI=1S/C34H38N4/c1-4-5-6-7-8-9-10-19-32(37-30-17-13-11-15-26(30)28-20-22-35-24(2)33(28)37)38-31-18-14-12-16-27(31)29-21-23-36-25(3)34(29)38/h11-18,20-23,32H,4-10,19H2,1-3H3. The summed E-state index contributed by atoms with van der Waals surface area (Å²) in [7, 11) is 0. The van der Waals surface area contributed by atoms with Gasteiger partial charge in [-0.2, -0.15) is 0 Å². The van der Waals surface area contributed by atoms with Crippen LogP contribution in [0, 0.1) is 13.8 Å². The summed E-state index contributed by atoms with van der Waals surface area (Å²) in [6, 6.07) is 22.1. The molecule has 6 aromatic rings. The molecule has 0 atom stereocenters. The number of aryl methyl sites for hydroxylation is 2. The summed E-state index contributed by atoms with van der Waals surface area (Å²) in [4.78, 5) is 9.53. The van der Waals surface area contributed by atoms with Crippen molar-refractivity contribution >= 4 is 43.6 Å². The van der Waals surface area contributed by atoms with E-state index in [1.807, 2.05) is 12.4 Å². The second kappa shape index (κ2) is 10.6. The van der Waals surface area contributed by atoms with E-state index in [1.165, 1.54) is 88.6 Å². The Hall–Kier alpha value is -3.66. The summed E-state index contributed by atoms with van der Waals surface area (Å²) < 4.78 is 5.17. The number of hydrogen-bond donors (Lipinski definition) is 0. The van der Waals surface area contributed by atoms with E-state index in [0.717, 1.165) is 17.8 Å². The van der Waals surface area contributed by atoms with Crippen molar-refractivity contribution in [1.29, 1.82) is 0 Å². The summed E-state index contributed by atoms with van der Waals surface area (Å²) in [6.45, 7) is 6.60. The second-order valence-corrected chi connectivity index (χ2v) is 10.7. The van der Waals surface area contributed by atoms with Gasteiger partial charge in [0, 0.05) is 33.9 Å². The number of pyridine rings is 2. The molecule has 4 heterocycles. The van der Waals surface area contributed by atoms with Crippen molar-refractivity contribution in [2.75, 3.05) is 0 Å². The fraction of sp³-hybridized carbons (Fsp3) is 0.353. The van der Waals surface area contributed by atoms with E-state index < -0.39 is 0 Å². The van der Waals surface area contributed by atoms with Crippen LogP contribution in [-0.4, -0.2) is 19.1 Å². The van der Waals surface area contributed by atoms with Crippen LogP contribution < -0.4 is 0 Å². The minimum absolute atomic E-state index is 0.126. The molecule has 0 spiro atoms. The molecule has 0 radical (unpaired) electrons. The highest BCUT2D eigenvalue weighted by Crippen LogP contribution is 2.40. The van der Waals surface area contributed by atoms with E-state index in [1.54, 1.807) is 0 Å². The largest absolute Gasteiger partial charge is 0.317 e. The number of fused-ring (bicyclic) bond motifs is 6. The first-order chi connectivity index (χ1) is 18.7. The van der Waals surface area contributed by atoms with Crippen molar-refractivity contribution in [1.82, 2.24) is 19.1 Å². The lowest BCUT2D eigenvalue weighted by Gasteiger charge is -2.26. The number of hydrogen-bond acceptors (Lipinski definition) is 2. The molecule has 0 saturated heterocycles. The van der Waals surface area contributed by atoms with Crippen LogP contribution in [0.25, 0.3) is 43.6 Å². The highest BCUT2D eigenvalue weighted by atomic mass is 15.2. The lowest BCUT2D eigenvalue weighted by atomic mass is 10.1. The molecule has 0 bridgehead atoms. The fourth-order valence-corrected chi connectivity index (χ4v) is 6.50. The Bertz CT molecular complexity index is 1600. The molecule has 4 heteroatoms. The van der Waals surface area contributed by atoms with Gasteiger partial charge < -0.3 is 9.13 Å². The minimum atomic E-state index is 0.126. The van der Waals surface area contributed by atoms with E-state index >= 15 is 0 Å². The SMILES string of the molecule is CCCCCCCCCC(n1c2ccccc2c2ccnc(C)c21)n1c2ccccc2c2ccnc(C)c21. The zero-order valence-electron chi connectivity index (χ0n) is 23.0. The molecule has 0 aliphatic heterocycles. The van der Waals surface area contributed by atoms with E-state index in [0.29, 0.717) is 0 Å². The number of rotatable bonds is 10. The Kier molecular flexibility index (Phi) is 6.88. The van der Waals surface area contributed by atoms with Crippen LogP contribution in [0.15, 0.2) is 73.1 Å². The maximum absolute atomic E-state index is 4.76. The molecule has 0 unspecified atom stereocenters. The maximum Gasteiger partial charge on any atom is 0.111 e. The van der Waals surface area contributed by atoms with Crippen molar-refractivity contribution in [3.05, 3.63) is 84.4 Å². The summed E-state index contributed by atoms with van der Waals surface area (Å²) in [5.41, 5.74) is 7.21. The molecular weight excluding hydrogens is 464 g/mol. The van der Waals surface area contributed by atoms with Gasteiger partial charge in [-0.1, -0.05) is 81.8 Å². The number of unbranched alkanes of at least 4 members (excludes halogenated alkanes) is 6. The van der Waals surface area contributed by atoms with E-state index in [2.05, 4.69) is 90.6 Å². The Morgan fingerprint density at radius 2 is 1.05 bits per heavy atom. The summed E-state index contributed by atoms with van der Waals surface area (Å²) >= 11 is 0. The third kappa shape index (κ3) is 4.16. The summed E-state index contributed by atoms with van der Waals surface area (Å²) in [6.07, 6.45) is 14.2. The second-order valence-electron chi connectivity index (χ2n) is 10.7. The molecule has 4 nitrogen and oxygen atoms in total. The molecule has 6 rings (SSSR count). The van der Waals surface area contributed by atoms with Gasteiger partial charge in [0.15, 0.2) is 0 Å². The molecule has 0 N–H and O–H groups in total. The van der Waals surface area contributed by atoms with Crippen LogP contribution in [0.2, 0.25) is 0 Å². The predicted octanol–water partition coefficient (Wildman–Crippen LogP) is 9.50. The van der Waals surface area contributed by atoms with Gasteiger partial charge in [-0.3, -0.25) is 9.97 Å². The van der Waals surface area contributed by atoms with Gasteiger partial charge in [0.1, 0.15) is 6.17 Å². The third-order valence-electron chi connectivity index (χ3n) is 8.27. The highest BCUT2D eigenvalue weighted by Gasteiger charge is 2.25. The van der Waals surface area contributed by atoms with Gasteiger partial charge in [0.2, 0.25) is 0 Å². The van der Waals surface area contributed by atoms with Gasteiger partial charge in [-0.25, -0.2) is 0 Å². The van der Waals surface area contributed by atoms with Gasteiger partial charge in [0.05, 0.1) is 33.5 Å². The lowest BCUT2D eigenvalue weighted by molar-refractivity contribution is 0.417. The van der Waals surface area contributed by atoms with Crippen molar-refractivity contribution in [3.63, 3.8) is 0 Å². The predicted molar refractivity (Wildman–Crippen MR) is 161 cm³/mol. The molecular formula is C34H38N4. The van der Waals surface area contributed by atoms with Crippen LogP contribution in [0.3, 0.4) is 0 Å². The van der Waals surface area contributed by atoms with Crippen molar-refractivity contribution in [3.8, 4) is 0 Å². The number of para-hydroxylation sites is 2. The number of benzene rings is 2. The van der Waals surface area contributed by atoms with Crippen molar-refractivity contribution in [2.24, 2.45) is 0 Å². The van der Waals surface area contributed by atoms with Crippen LogP contribution in [-0.2, 0) is 0 Å². The normalized spacial score (nSPS) is 12.1. The van der Waals surface area contributed by atoms with Crippen LogP contribution >= 0.6 is 0 Å². The molecule has 38 heavy (non-hydrogen) atoms. The maximum atomic E-state index is 4.76. The Balaban J connectivity index is 1.57. The van der Waals surface area contributed by atoms with Gasteiger partial charge in [0.25, 0.3) is 0 Å². The average Bonchev–Trinajstić information content (AvgIpc) is 3.46. The first kappa shape index (κ1) is 24.7. The number of nitrogens with zero attached hydrogens (tertiary/aromatic N) is 4. The molecule has 0 aliphatic carbocycles. The van der Waals surface area contributed by atoms with E-state index in [4.69, 9.17) is 9.97 Å². The minimum Gasteiger partial charge on any atom is -0.317 e. The molecule has 4 aromatic heterocycles. The first-order valence-corrected chi connectivity index (χ1v) is 14.4. The van der Waals surface area contributed by atoms with Crippen LogP contribution in [0.5, 0.6) is 0 Å². The van der Waals surface area contributed by atoms with Crippen LogP contribution in [0.4, 0.5) is 0 Å². The van der Waals surface area contributed by atoms with Crippen LogP contribution in [0.1, 0.15) is 75.8 Å². The molecule has 0 saturated carbocycles. The fourth-order valence-electron chi connectivity index (χ4n) is 6.50. The Morgan fingerprint density at radius 1 is 0.579 bits per heavy atom. The first-order valence-electron chi connectivity index (χ1n) is 14.4. The molecule has 0 amide bonds. The van der Waals surface area contributed by atoms with Gasteiger partial charge in [-0.05, 0) is 51.0 Å². The zero-order valence-corrected chi connectivity index (χ0v) is 23.0. The molecule has 2 aromatic carbocycles. The third-order valence-corrected chi connectivity index (χ3v) is 8.27. The summed E-state index contributed by atoms with van der Waals surface area (Å²) in [5, 5.41) is 5.17. The average molecular weight is 503 g/mol. The quantitative estimate of drug-likeness (QED) is 0.175.